The minimum Gasteiger partial charge on any atom is -0.478 e. The van der Waals surface area contributed by atoms with Gasteiger partial charge in [0.05, 0.1) is 11.7 Å². The summed E-state index contributed by atoms with van der Waals surface area (Å²) in [4.78, 5) is 11.6. The highest BCUT2D eigenvalue weighted by molar-refractivity contribution is 5.90. The van der Waals surface area contributed by atoms with Crippen LogP contribution in [0.4, 0.5) is 0 Å². The number of hydrogen-bond acceptors (Lipinski definition) is 3. The summed E-state index contributed by atoms with van der Waals surface area (Å²) in [6.45, 7) is 6.83. The average Bonchev–Trinajstić information content (AvgIpc) is 2.78. The Morgan fingerprint density at radius 1 is 0.875 bits per heavy atom. The zero-order valence-electron chi connectivity index (χ0n) is 19.1. The molecule has 0 aliphatic carbocycles. The fourth-order valence-electron chi connectivity index (χ4n) is 3.96. The normalized spacial score (nSPS) is 13.2. The van der Waals surface area contributed by atoms with Crippen LogP contribution < -0.4 is 5.32 Å². The van der Waals surface area contributed by atoms with Gasteiger partial charge in [-0.3, -0.25) is 0 Å². The van der Waals surface area contributed by atoms with Gasteiger partial charge in [-0.15, -0.1) is 0 Å². The molecule has 0 aromatic heterocycles. The molecule has 0 bridgehead atoms. The SMILES string of the molecule is CC(C)Cc1cc(-c2ccc(C[C@@H](C)NC[C@H](O)c3ccccc3)cc2)ccc1C(=O)O. The fourth-order valence-corrected chi connectivity index (χ4v) is 3.96. The first kappa shape index (κ1) is 23.7. The van der Waals surface area contributed by atoms with Crippen molar-refractivity contribution in [1.29, 1.82) is 0 Å². The van der Waals surface area contributed by atoms with Crippen molar-refractivity contribution in [1.82, 2.24) is 5.32 Å². The number of benzene rings is 3. The molecule has 3 N–H and O–H groups in total. The van der Waals surface area contributed by atoms with Gasteiger partial charge in [-0.2, -0.15) is 0 Å². The molecule has 0 amide bonds. The van der Waals surface area contributed by atoms with E-state index in [0.717, 1.165) is 35.1 Å². The minimum absolute atomic E-state index is 0.228. The van der Waals surface area contributed by atoms with Crippen molar-refractivity contribution in [2.45, 2.75) is 45.8 Å². The standard InChI is InChI=1S/C28H33NO3/c1-19(2)15-25-17-24(13-14-26(25)28(31)32)22-11-9-21(10-12-22)16-20(3)29-18-27(30)23-7-5-4-6-8-23/h4-14,17,19-20,27,29-30H,15-16,18H2,1-3H3,(H,31,32)/t20-,27+/m1/s1. The van der Waals surface area contributed by atoms with E-state index >= 15 is 0 Å². The topological polar surface area (TPSA) is 69.6 Å². The van der Waals surface area contributed by atoms with E-state index in [9.17, 15) is 15.0 Å². The molecule has 0 spiro atoms. The second kappa shape index (κ2) is 11.1. The van der Waals surface area contributed by atoms with Gasteiger partial charge in [0.2, 0.25) is 0 Å². The van der Waals surface area contributed by atoms with E-state index in [1.165, 1.54) is 5.56 Å². The van der Waals surface area contributed by atoms with Gasteiger partial charge < -0.3 is 15.5 Å². The van der Waals surface area contributed by atoms with Crippen LogP contribution in [0, 0.1) is 5.92 Å². The number of carboxylic acid groups (broad SMARTS) is 1. The van der Waals surface area contributed by atoms with Gasteiger partial charge in [-0.25, -0.2) is 4.79 Å². The van der Waals surface area contributed by atoms with Gasteiger partial charge in [0.15, 0.2) is 0 Å². The summed E-state index contributed by atoms with van der Waals surface area (Å²) in [6.07, 6.45) is 1.08. The highest BCUT2D eigenvalue weighted by Crippen LogP contribution is 2.25. The summed E-state index contributed by atoms with van der Waals surface area (Å²) in [5, 5.41) is 23.2. The van der Waals surface area contributed by atoms with E-state index in [-0.39, 0.29) is 6.04 Å². The van der Waals surface area contributed by atoms with E-state index in [1.54, 1.807) is 6.07 Å². The number of aliphatic hydroxyl groups excluding tert-OH is 1. The van der Waals surface area contributed by atoms with Crippen molar-refractivity contribution in [3.05, 3.63) is 95.1 Å². The zero-order chi connectivity index (χ0) is 23.1. The second-order valence-corrected chi connectivity index (χ2v) is 8.91. The Morgan fingerprint density at radius 2 is 1.53 bits per heavy atom. The molecule has 2 atom stereocenters. The Bertz CT molecular complexity index is 1010. The molecule has 168 valence electrons. The molecule has 0 fully saturated rings. The molecule has 0 saturated carbocycles. The second-order valence-electron chi connectivity index (χ2n) is 8.91. The average molecular weight is 432 g/mol. The molecular weight excluding hydrogens is 398 g/mol. The monoisotopic (exact) mass is 431 g/mol. The predicted octanol–water partition coefficient (Wildman–Crippen LogP) is 5.50. The Kier molecular flexibility index (Phi) is 8.20. The lowest BCUT2D eigenvalue weighted by molar-refractivity contribution is 0.0695. The van der Waals surface area contributed by atoms with Crippen LogP contribution in [-0.4, -0.2) is 28.8 Å². The number of rotatable bonds is 10. The van der Waals surface area contributed by atoms with E-state index in [2.05, 4.69) is 50.4 Å². The van der Waals surface area contributed by atoms with Crippen LogP contribution in [0.2, 0.25) is 0 Å². The molecule has 3 aromatic carbocycles. The van der Waals surface area contributed by atoms with Crippen LogP contribution in [0.1, 0.15) is 53.9 Å². The van der Waals surface area contributed by atoms with Crippen LogP contribution in [0.25, 0.3) is 11.1 Å². The largest absolute Gasteiger partial charge is 0.478 e. The summed E-state index contributed by atoms with van der Waals surface area (Å²) in [6, 6.07) is 24.0. The van der Waals surface area contributed by atoms with Gasteiger partial charge in [-0.1, -0.05) is 80.6 Å². The zero-order valence-corrected chi connectivity index (χ0v) is 19.1. The summed E-state index contributed by atoms with van der Waals surface area (Å²) in [5.41, 5.74) is 5.51. The van der Waals surface area contributed by atoms with Crippen molar-refractivity contribution >= 4 is 5.97 Å². The molecule has 0 heterocycles. The molecular formula is C28H33NO3. The van der Waals surface area contributed by atoms with E-state index in [1.807, 2.05) is 42.5 Å². The molecule has 0 saturated heterocycles. The molecule has 4 heteroatoms. The van der Waals surface area contributed by atoms with Gasteiger partial charge in [0, 0.05) is 12.6 Å². The van der Waals surface area contributed by atoms with Crippen molar-refractivity contribution in [3.63, 3.8) is 0 Å². The summed E-state index contributed by atoms with van der Waals surface area (Å²) < 4.78 is 0. The smallest absolute Gasteiger partial charge is 0.335 e. The quantitative estimate of drug-likeness (QED) is 0.396. The third kappa shape index (κ3) is 6.52. The third-order valence-corrected chi connectivity index (χ3v) is 5.64. The number of aliphatic hydroxyl groups is 1. The molecule has 0 radical (unpaired) electrons. The van der Waals surface area contributed by atoms with Crippen molar-refractivity contribution < 1.29 is 15.0 Å². The first-order valence-corrected chi connectivity index (χ1v) is 11.3. The van der Waals surface area contributed by atoms with Gasteiger partial charge in [0.1, 0.15) is 0 Å². The molecule has 0 aliphatic rings. The van der Waals surface area contributed by atoms with E-state index in [4.69, 9.17) is 0 Å². The third-order valence-electron chi connectivity index (χ3n) is 5.64. The Labute approximate surface area is 190 Å². The number of hydrogen-bond donors (Lipinski definition) is 3. The van der Waals surface area contributed by atoms with Crippen molar-refractivity contribution in [3.8, 4) is 11.1 Å². The summed E-state index contributed by atoms with van der Waals surface area (Å²) in [7, 11) is 0. The maximum absolute atomic E-state index is 11.6. The van der Waals surface area contributed by atoms with E-state index in [0.29, 0.717) is 18.0 Å². The Balaban J connectivity index is 1.62. The Morgan fingerprint density at radius 3 is 2.16 bits per heavy atom. The lowest BCUT2D eigenvalue weighted by Gasteiger charge is -2.18. The van der Waals surface area contributed by atoms with Crippen LogP contribution in [0.5, 0.6) is 0 Å². The molecule has 3 aromatic rings. The maximum atomic E-state index is 11.6. The number of carbonyl (C=O) groups is 1. The van der Waals surface area contributed by atoms with Crippen LogP contribution in [-0.2, 0) is 12.8 Å². The predicted molar refractivity (Wildman–Crippen MR) is 130 cm³/mol. The fraction of sp³-hybridized carbons (Fsp3) is 0.321. The first-order chi connectivity index (χ1) is 15.3. The molecule has 0 aliphatic heterocycles. The molecule has 3 rings (SSSR count). The lowest BCUT2D eigenvalue weighted by atomic mass is 9.93. The number of nitrogens with one attached hydrogen (secondary N) is 1. The minimum atomic E-state index is -0.874. The van der Waals surface area contributed by atoms with Crippen molar-refractivity contribution in [2.24, 2.45) is 5.92 Å². The van der Waals surface area contributed by atoms with Gasteiger partial charge in [-0.05, 0) is 59.6 Å². The summed E-state index contributed by atoms with van der Waals surface area (Å²) >= 11 is 0. The van der Waals surface area contributed by atoms with Crippen molar-refractivity contribution in [2.75, 3.05) is 6.54 Å². The van der Waals surface area contributed by atoms with Gasteiger partial charge >= 0.3 is 5.97 Å². The van der Waals surface area contributed by atoms with E-state index < -0.39 is 12.1 Å². The van der Waals surface area contributed by atoms with Crippen LogP contribution in [0.3, 0.4) is 0 Å². The van der Waals surface area contributed by atoms with Gasteiger partial charge in [0.25, 0.3) is 0 Å². The van der Waals surface area contributed by atoms with Crippen LogP contribution >= 0.6 is 0 Å². The number of aromatic carboxylic acids is 1. The maximum Gasteiger partial charge on any atom is 0.335 e. The lowest BCUT2D eigenvalue weighted by Crippen LogP contribution is -2.32. The Hall–Kier alpha value is -2.95. The molecule has 32 heavy (non-hydrogen) atoms. The molecule has 4 nitrogen and oxygen atoms in total. The highest BCUT2D eigenvalue weighted by Gasteiger charge is 2.13. The highest BCUT2D eigenvalue weighted by atomic mass is 16.4. The van der Waals surface area contributed by atoms with Crippen LogP contribution in [0.15, 0.2) is 72.8 Å². The number of carboxylic acids is 1. The molecule has 0 unspecified atom stereocenters. The first-order valence-electron chi connectivity index (χ1n) is 11.3. The summed E-state index contributed by atoms with van der Waals surface area (Å²) in [5.74, 6) is -0.485.